The highest BCUT2D eigenvalue weighted by Crippen LogP contribution is 2.39. The van der Waals surface area contributed by atoms with Crippen molar-refractivity contribution in [1.82, 2.24) is 5.32 Å². The summed E-state index contributed by atoms with van der Waals surface area (Å²) >= 11 is 12.2. The third-order valence-corrected chi connectivity index (χ3v) is 3.76. The maximum Gasteiger partial charge on any atom is 0.408 e. The molecule has 6 nitrogen and oxygen atoms in total. The molecule has 0 saturated carbocycles. The van der Waals surface area contributed by atoms with Crippen molar-refractivity contribution in [3.63, 3.8) is 0 Å². The zero-order chi connectivity index (χ0) is 17.4. The average molecular weight is 361 g/mol. The van der Waals surface area contributed by atoms with E-state index < -0.39 is 29.7 Å². The van der Waals surface area contributed by atoms with Crippen LogP contribution in [0.1, 0.15) is 38.8 Å². The Balaban J connectivity index is 2.32. The number of carboxylic acid groups (broad SMARTS) is 1. The van der Waals surface area contributed by atoms with Crippen molar-refractivity contribution < 1.29 is 19.4 Å². The van der Waals surface area contributed by atoms with Crippen LogP contribution in [0.4, 0.5) is 10.5 Å². The second-order valence-electron chi connectivity index (χ2n) is 6.32. The Labute approximate surface area is 144 Å². The molecule has 3 N–H and O–H groups in total. The number of ether oxygens (including phenoxy) is 1. The topological polar surface area (TPSA) is 87.7 Å². The molecule has 1 amide bonds. The number of halogens is 2. The molecule has 1 aliphatic heterocycles. The van der Waals surface area contributed by atoms with E-state index in [1.165, 1.54) is 0 Å². The molecule has 1 heterocycles. The molecule has 0 fully saturated rings. The van der Waals surface area contributed by atoms with Crippen LogP contribution in [0.2, 0.25) is 10.0 Å². The molecule has 0 aromatic heterocycles. The number of benzene rings is 1. The van der Waals surface area contributed by atoms with Crippen LogP contribution >= 0.6 is 23.2 Å². The predicted molar refractivity (Wildman–Crippen MR) is 88.2 cm³/mol. The Morgan fingerprint density at radius 3 is 2.57 bits per heavy atom. The number of hydrogen-bond acceptors (Lipinski definition) is 4. The fourth-order valence-electron chi connectivity index (χ4n) is 2.40. The Kier molecular flexibility index (Phi) is 4.96. The molecular formula is C15H18Cl2N2O4. The fraction of sp³-hybridized carbons (Fsp3) is 0.467. The molecule has 0 unspecified atom stereocenters. The van der Waals surface area contributed by atoms with Gasteiger partial charge in [0.25, 0.3) is 0 Å². The molecule has 1 aromatic rings. The maximum absolute atomic E-state index is 12.0. The van der Waals surface area contributed by atoms with Crippen LogP contribution in [0.15, 0.2) is 12.1 Å². The van der Waals surface area contributed by atoms with Gasteiger partial charge < -0.3 is 20.5 Å². The van der Waals surface area contributed by atoms with E-state index in [2.05, 4.69) is 10.6 Å². The Morgan fingerprint density at radius 1 is 1.35 bits per heavy atom. The lowest BCUT2D eigenvalue weighted by Crippen LogP contribution is -2.42. The zero-order valence-corrected chi connectivity index (χ0v) is 14.5. The minimum atomic E-state index is -1.03. The first-order chi connectivity index (χ1) is 10.6. The number of amides is 1. The van der Waals surface area contributed by atoms with Gasteiger partial charge in [0.15, 0.2) is 0 Å². The molecule has 23 heavy (non-hydrogen) atoms. The minimum Gasteiger partial charge on any atom is -0.480 e. The molecule has 0 spiro atoms. The number of rotatable bonds is 2. The molecule has 0 aliphatic carbocycles. The highest BCUT2D eigenvalue weighted by molar-refractivity contribution is 6.35. The summed E-state index contributed by atoms with van der Waals surface area (Å²) in [6.45, 7) is 5.24. The molecule has 1 aliphatic rings. The first-order valence-corrected chi connectivity index (χ1v) is 7.80. The van der Waals surface area contributed by atoms with Crippen LogP contribution in [0, 0.1) is 0 Å². The summed E-state index contributed by atoms with van der Waals surface area (Å²) in [5, 5.41) is 15.6. The van der Waals surface area contributed by atoms with Gasteiger partial charge in [0.2, 0.25) is 0 Å². The van der Waals surface area contributed by atoms with E-state index in [1.807, 2.05) is 0 Å². The van der Waals surface area contributed by atoms with E-state index in [0.29, 0.717) is 21.3 Å². The largest absolute Gasteiger partial charge is 0.480 e. The molecule has 0 saturated heterocycles. The number of anilines is 1. The Bertz CT molecular complexity index is 643. The van der Waals surface area contributed by atoms with Crippen molar-refractivity contribution in [2.45, 2.75) is 44.9 Å². The SMILES string of the molecule is CC(C)(C)OC(=O)N[C@@H]1C[C@H](C(=O)O)Nc2cc(Cl)cc(Cl)c21. The van der Waals surface area contributed by atoms with Gasteiger partial charge in [0.05, 0.1) is 6.04 Å². The van der Waals surface area contributed by atoms with Crippen molar-refractivity contribution in [1.29, 1.82) is 0 Å². The summed E-state index contributed by atoms with van der Waals surface area (Å²) in [6, 6.07) is 1.68. The number of carbonyl (C=O) groups is 2. The number of aliphatic carboxylic acids is 1. The third kappa shape index (κ3) is 4.42. The van der Waals surface area contributed by atoms with Crippen molar-refractivity contribution in [3.05, 3.63) is 27.7 Å². The fourth-order valence-corrected chi connectivity index (χ4v) is 3.03. The first-order valence-electron chi connectivity index (χ1n) is 7.04. The van der Waals surface area contributed by atoms with Crippen LogP contribution < -0.4 is 10.6 Å². The molecule has 8 heteroatoms. The van der Waals surface area contributed by atoms with Gasteiger partial charge in [-0.15, -0.1) is 0 Å². The number of carbonyl (C=O) groups excluding carboxylic acids is 1. The molecule has 1 aromatic carbocycles. The lowest BCUT2D eigenvalue weighted by molar-refractivity contribution is -0.138. The molecule has 0 bridgehead atoms. The lowest BCUT2D eigenvalue weighted by Gasteiger charge is -2.33. The number of hydrogen-bond donors (Lipinski definition) is 3. The van der Waals surface area contributed by atoms with E-state index in [9.17, 15) is 14.7 Å². The van der Waals surface area contributed by atoms with Crippen molar-refractivity contribution >= 4 is 41.0 Å². The Morgan fingerprint density at radius 2 is 2.00 bits per heavy atom. The van der Waals surface area contributed by atoms with Crippen LogP contribution in [-0.4, -0.2) is 28.8 Å². The quantitative estimate of drug-likeness (QED) is 0.745. The first kappa shape index (κ1) is 17.7. The monoisotopic (exact) mass is 360 g/mol. The highest BCUT2D eigenvalue weighted by atomic mass is 35.5. The zero-order valence-electron chi connectivity index (χ0n) is 12.9. The van der Waals surface area contributed by atoms with Gasteiger partial charge >= 0.3 is 12.1 Å². The van der Waals surface area contributed by atoms with E-state index in [1.54, 1.807) is 32.9 Å². The third-order valence-electron chi connectivity index (χ3n) is 3.23. The van der Waals surface area contributed by atoms with Gasteiger partial charge in [-0.1, -0.05) is 23.2 Å². The van der Waals surface area contributed by atoms with Crippen molar-refractivity contribution in [2.24, 2.45) is 0 Å². The maximum atomic E-state index is 12.0. The number of carboxylic acids is 1. The van der Waals surface area contributed by atoms with E-state index in [-0.39, 0.29) is 6.42 Å². The van der Waals surface area contributed by atoms with Crippen LogP contribution in [0.3, 0.4) is 0 Å². The lowest BCUT2D eigenvalue weighted by atomic mass is 9.93. The molecule has 0 radical (unpaired) electrons. The van der Waals surface area contributed by atoms with E-state index in [4.69, 9.17) is 27.9 Å². The van der Waals surface area contributed by atoms with Gasteiger partial charge in [0.1, 0.15) is 11.6 Å². The number of alkyl carbamates (subject to hydrolysis) is 1. The molecule has 126 valence electrons. The van der Waals surface area contributed by atoms with Gasteiger partial charge in [-0.3, -0.25) is 0 Å². The van der Waals surface area contributed by atoms with Gasteiger partial charge in [-0.25, -0.2) is 9.59 Å². The number of fused-ring (bicyclic) bond motifs is 1. The molecular weight excluding hydrogens is 343 g/mol. The second-order valence-corrected chi connectivity index (χ2v) is 7.16. The summed E-state index contributed by atoms with van der Waals surface area (Å²) in [6.07, 6.45) is -0.492. The normalized spacial score (nSPS) is 20.2. The van der Waals surface area contributed by atoms with Crippen LogP contribution in [-0.2, 0) is 9.53 Å². The summed E-state index contributed by atoms with van der Waals surface area (Å²) in [4.78, 5) is 23.3. The summed E-state index contributed by atoms with van der Waals surface area (Å²) < 4.78 is 5.23. The van der Waals surface area contributed by atoms with Crippen LogP contribution in [0.25, 0.3) is 0 Å². The van der Waals surface area contributed by atoms with E-state index >= 15 is 0 Å². The second kappa shape index (κ2) is 6.45. The van der Waals surface area contributed by atoms with Gasteiger partial charge in [-0.05, 0) is 32.9 Å². The smallest absolute Gasteiger partial charge is 0.408 e. The van der Waals surface area contributed by atoms with E-state index in [0.717, 1.165) is 0 Å². The Hall–Kier alpha value is -1.66. The van der Waals surface area contributed by atoms with Gasteiger partial charge in [0, 0.05) is 27.7 Å². The van der Waals surface area contributed by atoms with Crippen molar-refractivity contribution in [2.75, 3.05) is 5.32 Å². The molecule has 2 atom stereocenters. The molecule has 2 rings (SSSR count). The van der Waals surface area contributed by atoms with Crippen molar-refractivity contribution in [3.8, 4) is 0 Å². The summed E-state index contributed by atoms with van der Waals surface area (Å²) in [5.41, 5.74) is 0.428. The number of nitrogens with one attached hydrogen (secondary N) is 2. The summed E-state index contributed by atoms with van der Waals surface area (Å²) in [5.74, 6) is -1.03. The minimum absolute atomic E-state index is 0.142. The highest BCUT2D eigenvalue weighted by Gasteiger charge is 2.34. The van der Waals surface area contributed by atoms with Crippen LogP contribution in [0.5, 0.6) is 0 Å². The summed E-state index contributed by atoms with van der Waals surface area (Å²) in [7, 11) is 0. The average Bonchev–Trinajstić information content (AvgIpc) is 2.34. The van der Waals surface area contributed by atoms with Gasteiger partial charge in [-0.2, -0.15) is 0 Å². The predicted octanol–water partition coefficient (Wildman–Crippen LogP) is 3.83. The standard InChI is InChI=1S/C15H18Cl2N2O4/c1-15(2,3)23-14(22)19-10-6-11(13(20)21)18-9-5-7(16)4-8(17)12(9)10/h4-5,10-11,18H,6H2,1-3H3,(H,19,22)(H,20,21)/t10-,11-/m1/s1.